The first-order chi connectivity index (χ1) is 10.6. The van der Waals surface area contributed by atoms with E-state index in [1.165, 1.54) is 17.5 Å². The summed E-state index contributed by atoms with van der Waals surface area (Å²) in [5.41, 5.74) is 2.86. The molecule has 3 heteroatoms. The second-order valence-corrected chi connectivity index (χ2v) is 13.2. The lowest BCUT2D eigenvalue weighted by Crippen LogP contribution is -2.39. The number of ether oxygens (including phenoxy) is 1. The molecule has 2 nitrogen and oxygen atoms in total. The van der Waals surface area contributed by atoms with Crippen LogP contribution in [0.25, 0.3) is 0 Å². The van der Waals surface area contributed by atoms with E-state index in [0.29, 0.717) is 0 Å². The van der Waals surface area contributed by atoms with Crippen LogP contribution in [0.5, 0.6) is 5.75 Å². The van der Waals surface area contributed by atoms with E-state index in [1.807, 2.05) is 6.26 Å². The second-order valence-electron chi connectivity index (χ2n) is 8.48. The molecular formula is C20H32O2Si. The molecule has 1 aliphatic rings. The third-order valence-electron chi connectivity index (χ3n) is 5.68. The number of fused-ring (bicyclic) bond motifs is 1. The molecule has 0 unspecified atom stereocenters. The third-order valence-corrected chi connectivity index (χ3v) is 10.0. The van der Waals surface area contributed by atoms with Crippen molar-refractivity contribution < 1.29 is 9.16 Å². The van der Waals surface area contributed by atoms with Gasteiger partial charge >= 0.3 is 0 Å². The van der Waals surface area contributed by atoms with Gasteiger partial charge in [-0.1, -0.05) is 33.8 Å². The molecule has 0 saturated heterocycles. The molecule has 0 amide bonds. The van der Waals surface area contributed by atoms with Gasteiger partial charge in [-0.2, -0.15) is 0 Å². The van der Waals surface area contributed by atoms with Gasteiger partial charge in [0.2, 0.25) is 8.32 Å². The molecule has 0 spiro atoms. The standard InChI is InChI=1S/C20H32O2Si/c1-19(2,3)23(6,7)22-14-13-20(4)12-8-9-16-10-11-17(21-5)15-18(16)20/h10-11,13-15H,8-9,12H2,1-7H3/b14-13+/t20-/m0/s1. The van der Waals surface area contributed by atoms with Crippen LogP contribution in [-0.4, -0.2) is 15.4 Å². The maximum absolute atomic E-state index is 6.26. The van der Waals surface area contributed by atoms with Crippen LogP contribution in [0.1, 0.15) is 51.7 Å². The third kappa shape index (κ3) is 3.82. The molecule has 1 aromatic carbocycles. The quantitative estimate of drug-likeness (QED) is 0.510. The van der Waals surface area contributed by atoms with Crippen LogP contribution in [0.4, 0.5) is 0 Å². The van der Waals surface area contributed by atoms with Crippen LogP contribution in [0.3, 0.4) is 0 Å². The van der Waals surface area contributed by atoms with E-state index in [4.69, 9.17) is 9.16 Å². The zero-order valence-electron chi connectivity index (χ0n) is 15.8. The molecule has 128 valence electrons. The van der Waals surface area contributed by atoms with Gasteiger partial charge in [-0.25, -0.2) is 0 Å². The molecule has 0 saturated carbocycles. The predicted octanol–water partition coefficient (Wildman–Crippen LogP) is 5.82. The maximum Gasteiger partial charge on any atom is 0.249 e. The van der Waals surface area contributed by atoms with Crippen molar-refractivity contribution in [3.05, 3.63) is 41.7 Å². The van der Waals surface area contributed by atoms with Crippen LogP contribution in [0.15, 0.2) is 30.5 Å². The van der Waals surface area contributed by atoms with E-state index in [0.717, 1.165) is 18.6 Å². The Hall–Kier alpha value is -1.22. The molecule has 0 aromatic heterocycles. The van der Waals surface area contributed by atoms with Crippen LogP contribution < -0.4 is 4.74 Å². The summed E-state index contributed by atoms with van der Waals surface area (Å²) in [6.45, 7) is 13.7. The van der Waals surface area contributed by atoms with Crippen LogP contribution in [0, 0.1) is 0 Å². The van der Waals surface area contributed by atoms with Crippen molar-refractivity contribution >= 4 is 8.32 Å². The van der Waals surface area contributed by atoms with Crippen LogP contribution in [-0.2, 0) is 16.3 Å². The molecule has 0 bridgehead atoms. The average molecular weight is 333 g/mol. The molecule has 1 atom stereocenters. The van der Waals surface area contributed by atoms with Gasteiger partial charge < -0.3 is 9.16 Å². The number of methoxy groups -OCH3 is 1. The molecule has 0 aliphatic heterocycles. The Morgan fingerprint density at radius 2 is 1.91 bits per heavy atom. The molecular weight excluding hydrogens is 300 g/mol. The molecule has 1 aliphatic carbocycles. The minimum Gasteiger partial charge on any atom is -0.549 e. The second kappa shape index (κ2) is 6.35. The SMILES string of the molecule is COc1ccc2c(c1)[C@](C)(/C=C/O[Si](C)(C)C(C)(C)C)CCC2. The maximum atomic E-state index is 6.26. The van der Waals surface area contributed by atoms with Gasteiger partial charge in [0.25, 0.3) is 0 Å². The fourth-order valence-electron chi connectivity index (χ4n) is 2.92. The lowest BCUT2D eigenvalue weighted by atomic mass is 9.71. The summed E-state index contributed by atoms with van der Waals surface area (Å²) < 4.78 is 11.7. The summed E-state index contributed by atoms with van der Waals surface area (Å²) in [4.78, 5) is 0. The lowest BCUT2D eigenvalue weighted by molar-refractivity contribution is 0.402. The Morgan fingerprint density at radius 1 is 1.22 bits per heavy atom. The summed E-state index contributed by atoms with van der Waals surface area (Å²) in [6, 6.07) is 6.49. The number of rotatable bonds is 4. The Labute approximate surface area is 143 Å². The predicted molar refractivity (Wildman–Crippen MR) is 101 cm³/mol. The van der Waals surface area contributed by atoms with Crippen molar-refractivity contribution in [3.8, 4) is 5.75 Å². The minimum atomic E-state index is -1.74. The molecule has 0 fully saturated rings. The summed E-state index contributed by atoms with van der Waals surface area (Å²) in [6.07, 6.45) is 7.79. The Bertz CT molecular complexity index is 584. The topological polar surface area (TPSA) is 18.5 Å². The Kier molecular flexibility index (Phi) is 5.00. The van der Waals surface area contributed by atoms with Crippen molar-refractivity contribution in [2.45, 2.75) is 70.5 Å². The highest BCUT2D eigenvalue weighted by Crippen LogP contribution is 2.41. The summed E-state index contributed by atoms with van der Waals surface area (Å²) in [5, 5.41) is 0.228. The van der Waals surface area contributed by atoms with Gasteiger partial charge in [0, 0.05) is 5.41 Å². The van der Waals surface area contributed by atoms with Crippen molar-refractivity contribution in [2.75, 3.05) is 7.11 Å². The fourth-order valence-corrected chi connectivity index (χ4v) is 3.68. The number of hydrogen-bond donors (Lipinski definition) is 0. The average Bonchev–Trinajstić information content (AvgIpc) is 2.46. The number of benzene rings is 1. The van der Waals surface area contributed by atoms with Gasteiger partial charge in [-0.05, 0) is 66.7 Å². The van der Waals surface area contributed by atoms with E-state index in [2.05, 4.69) is 65.1 Å². The zero-order valence-corrected chi connectivity index (χ0v) is 16.8. The van der Waals surface area contributed by atoms with Gasteiger partial charge in [0.05, 0.1) is 13.4 Å². The lowest BCUT2D eigenvalue weighted by Gasteiger charge is -2.37. The number of allylic oxidation sites excluding steroid dienone is 1. The zero-order chi connectivity index (χ0) is 17.3. The van der Waals surface area contributed by atoms with Crippen molar-refractivity contribution in [3.63, 3.8) is 0 Å². The van der Waals surface area contributed by atoms with Crippen LogP contribution >= 0.6 is 0 Å². The molecule has 2 rings (SSSR count). The molecule has 0 radical (unpaired) electrons. The Balaban J connectivity index is 2.25. The Morgan fingerprint density at radius 3 is 2.52 bits per heavy atom. The van der Waals surface area contributed by atoms with Crippen molar-refractivity contribution in [2.24, 2.45) is 0 Å². The normalized spacial score (nSPS) is 22.0. The van der Waals surface area contributed by atoms with E-state index < -0.39 is 8.32 Å². The summed E-state index contributed by atoms with van der Waals surface area (Å²) >= 11 is 0. The summed E-state index contributed by atoms with van der Waals surface area (Å²) in [7, 11) is -0.00882. The fraction of sp³-hybridized carbons (Fsp3) is 0.600. The van der Waals surface area contributed by atoms with E-state index >= 15 is 0 Å². The highest BCUT2D eigenvalue weighted by Gasteiger charge is 2.38. The first kappa shape index (κ1) is 18.1. The highest BCUT2D eigenvalue weighted by molar-refractivity contribution is 6.74. The summed E-state index contributed by atoms with van der Waals surface area (Å²) in [5.74, 6) is 0.940. The molecule has 1 aromatic rings. The highest BCUT2D eigenvalue weighted by atomic mass is 28.4. The smallest absolute Gasteiger partial charge is 0.249 e. The minimum absolute atomic E-state index is 0.0322. The van der Waals surface area contributed by atoms with E-state index in [1.54, 1.807) is 7.11 Å². The first-order valence-electron chi connectivity index (χ1n) is 8.62. The molecule has 0 N–H and O–H groups in total. The molecule has 0 heterocycles. The van der Waals surface area contributed by atoms with E-state index in [-0.39, 0.29) is 10.5 Å². The van der Waals surface area contributed by atoms with Gasteiger partial charge in [0.15, 0.2) is 0 Å². The van der Waals surface area contributed by atoms with Gasteiger partial charge in [0.1, 0.15) is 5.75 Å². The molecule has 23 heavy (non-hydrogen) atoms. The first-order valence-corrected chi connectivity index (χ1v) is 11.5. The monoisotopic (exact) mass is 332 g/mol. The van der Waals surface area contributed by atoms with Crippen molar-refractivity contribution in [1.82, 2.24) is 0 Å². The van der Waals surface area contributed by atoms with E-state index in [9.17, 15) is 0 Å². The number of hydrogen-bond acceptors (Lipinski definition) is 2. The van der Waals surface area contributed by atoms with Crippen LogP contribution in [0.2, 0.25) is 18.1 Å². The van der Waals surface area contributed by atoms with Crippen molar-refractivity contribution in [1.29, 1.82) is 0 Å². The van der Waals surface area contributed by atoms with Gasteiger partial charge in [-0.15, -0.1) is 0 Å². The number of aryl methyl sites for hydroxylation is 1. The largest absolute Gasteiger partial charge is 0.549 e. The van der Waals surface area contributed by atoms with Gasteiger partial charge in [-0.3, -0.25) is 0 Å².